The van der Waals surface area contributed by atoms with Crippen molar-refractivity contribution in [3.8, 4) is 5.69 Å². The van der Waals surface area contributed by atoms with E-state index < -0.39 is 5.60 Å². The number of thiazole rings is 1. The Morgan fingerprint density at radius 1 is 1.23 bits per heavy atom. The number of rotatable bonds is 5. The maximum Gasteiger partial charge on any atom is 0.410 e. The number of hydrogen-bond acceptors (Lipinski definition) is 6. The van der Waals surface area contributed by atoms with Gasteiger partial charge in [-0.15, -0.1) is 11.3 Å². The van der Waals surface area contributed by atoms with Gasteiger partial charge in [0, 0.05) is 48.2 Å². The van der Waals surface area contributed by atoms with Crippen LogP contribution < -0.4 is 0 Å². The smallest absolute Gasteiger partial charge is 0.410 e. The lowest BCUT2D eigenvalue weighted by Gasteiger charge is -2.32. The lowest BCUT2D eigenvalue weighted by atomic mass is 9.98. The number of carbonyl (C=O) groups is 1. The predicted molar refractivity (Wildman–Crippen MR) is 125 cm³/mol. The van der Waals surface area contributed by atoms with E-state index in [2.05, 4.69) is 27.1 Å². The third kappa shape index (κ3) is 5.68. The Balaban J connectivity index is 1.31. The molecular formula is C23H28N4O2S2. The molecule has 164 valence electrons. The average molecular weight is 457 g/mol. The van der Waals surface area contributed by atoms with Crippen LogP contribution >= 0.6 is 23.1 Å². The Morgan fingerprint density at radius 2 is 1.97 bits per heavy atom. The van der Waals surface area contributed by atoms with Crippen LogP contribution in [0.15, 0.2) is 53.3 Å². The topological polar surface area (TPSA) is 60.2 Å². The minimum Gasteiger partial charge on any atom is -0.444 e. The van der Waals surface area contributed by atoms with Crippen LogP contribution in [0.5, 0.6) is 0 Å². The van der Waals surface area contributed by atoms with E-state index >= 15 is 0 Å². The van der Waals surface area contributed by atoms with Gasteiger partial charge < -0.3 is 9.64 Å². The van der Waals surface area contributed by atoms with Gasteiger partial charge in [0.1, 0.15) is 5.60 Å². The van der Waals surface area contributed by atoms with E-state index in [1.54, 1.807) is 23.1 Å². The minimum atomic E-state index is -0.453. The van der Waals surface area contributed by atoms with Crippen molar-refractivity contribution in [2.45, 2.75) is 56.0 Å². The average Bonchev–Trinajstić information content (AvgIpc) is 3.41. The van der Waals surface area contributed by atoms with E-state index in [0.717, 1.165) is 48.2 Å². The molecular weight excluding hydrogens is 428 g/mol. The summed E-state index contributed by atoms with van der Waals surface area (Å²) in [7, 11) is 0. The zero-order valence-electron chi connectivity index (χ0n) is 18.2. The van der Waals surface area contributed by atoms with Crippen LogP contribution in [0.4, 0.5) is 4.79 Å². The largest absolute Gasteiger partial charge is 0.444 e. The van der Waals surface area contributed by atoms with Crippen molar-refractivity contribution in [3.05, 3.63) is 58.8 Å². The minimum absolute atomic E-state index is 0.212. The number of thioether (sulfide) groups is 1. The first-order chi connectivity index (χ1) is 14.9. The Labute approximate surface area is 191 Å². The fourth-order valence-corrected chi connectivity index (χ4v) is 5.49. The zero-order chi connectivity index (χ0) is 21.8. The molecule has 3 aromatic rings. The summed E-state index contributed by atoms with van der Waals surface area (Å²) in [5.41, 5.74) is 1.74. The Kier molecular flexibility index (Phi) is 6.67. The number of carbonyl (C=O) groups excluding carboxylic acids is 1. The molecule has 8 heteroatoms. The molecule has 0 unspecified atom stereocenters. The van der Waals surface area contributed by atoms with Gasteiger partial charge in [0.15, 0.2) is 5.16 Å². The summed E-state index contributed by atoms with van der Waals surface area (Å²) < 4.78 is 7.60. The molecule has 31 heavy (non-hydrogen) atoms. The zero-order valence-corrected chi connectivity index (χ0v) is 19.8. The van der Waals surface area contributed by atoms with Gasteiger partial charge in [-0.2, -0.15) is 0 Å². The van der Waals surface area contributed by atoms with Crippen LogP contribution in [0.3, 0.4) is 0 Å². The standard InChI is InChI=1S/C23H28N4O2S2/c1-23(2,3)29-22(28)26-12-9-17(10-13-26)20-25-18(15-30-20)16-31-21-24-11-14-27(21)19-7-5-4-6-8-19/h4-8,11,14-15,17H,9-10,12-13,16H2,1-3H3. The molecule has 0 bridgehead atoms. The number of aromatic nitrogens is 3. The summed E-state index contributed by atoms with van der Waals surface area (Å²) in [6.45, 7) is 7.15. The maximum absolute atomic E-state index is 12.3. The molecule has 0 aliphatic carbocycles. The second kappa shape index (κ2) is 9.44. The number of imidazole rings is 1. The number of ether oxygens (including phenoxy) is 1. The Morgan fingerprint density at radius 3 is 2.68 bits per heavy atom. The summed E-state index contributed by atoms with van der Waals surface area (Å²) in [6, 6.07) is 10.2. The molecule has 1 aliphatic rings. The van der Waals surface area contributed by atoms with Crippen molar-refractivity contribution < 1.29 is 9.53 Å². The molecule has 4 rings (SSSR count). The van der Waals surface area contributed by atoms with Gasteiger partial charge in [0.2, 0.25) is 0 Å². The highest BCUT2D eigenvalue weighted by Crippen LogP contribution is 2.32. The first kappa shape index (κ1) is 21.9. The van der Waals surface area contributed by atoms with Crippen LogP contribution in [0.1, 0.15) is 50.2 Å². The van der Waals surface area contributed by atoms with E-state index in [1.165, 1.54) is 5.01 Å². The molecule has 0 saturated carbocycles. The van der Waals surface area contributed by atoms with Gasteiger partial charge in [-0.1, -0.05) is 30.0 Å². The number of nitrogens with zero attached hydrogens (tertiary/aromatic N) is 4. The molecule has 0 spiro atoms. The molecule has 1 aromatic carbocycles. The van der Waals surface area contributed by atoms with Gasteiger partial charge in [0.25, 0.3) is 0 Å². The van der Waals surface area contributed by atoms with Gasteiger partial charge in [-0.3, -0.25) is 4.57 Å². The molecule has 1 amide bonds. The summed E-state index contributed by atoms with van der Waals surface area (Å²) in [6.07, 6.45) is 5.47. The number of piperidine rings is 1. The van der Waals surface area contributed by atoms with Crippen LogP contribution in [0.2, 0.25) is 0 Å². The highest BCUT2D eigenvalue weighted by molar-refractivity contribution is 7.98. The molecule has 1 fully saturated rings. The second-order valence-electron chi connectivity index (χ2n) is 8.62. The van der Waals surface area contributed by atoms with E-state index in [-0.39, 0.29) is 6.09 Å². The normalized spacial score (nSPS) is 15.3. The van der Waals surface area contributed by atoms with E-state index in [1.807, 2.05) is 56.3 Å². The third-order valence-electron chi connectivity index (χ3n) is 5.06. The molecule has 0 N–H and O–H groups in total. The highest BCUT2D eigenvalue weighted by Gasteiger charge is 2.28. The lowest BCUT2D eigenvalue weighted by molar-refractivity contribution is 0.0205. The third-order valence-corrected chi connectivity index (χ3v) is 7.11. The number of para-hydroxylation sites is 1. The van der Waals surface area contributed by atoms with Crippen molar-refractivity contribution in [3.63, 3.8) is 0 Å². The summed E-state index contributed by atoms with van der Waals surface area (Å²) >= 11 is 3.42. The fourth-order valence-electron chi connectivity index (χ4n) is 3.53. The van der Waals surface area contributed by atoms with Crippen LogP contribution in [-0.2, 0) is 10.5 Å². The quantitative estimate of drug-likeness (QED) is 0.459. The van der Waals surface area contributed by atoms with Gasteiger partial charge in [0.05, 0.1) is 10.7 Å². The van der Waals surface area contributed by atoms with E-state index in [9.17, 15) is 4.79 Å². The summed E-state index contributed by atoms with van der Waals surface area (Å²) in [4.78, 5) is 23.5. The number of likely N-dealkylation sites (tertiary alicyclic amines) is 1. The van der Waals surface area contributed by atoms with Gasteiger partial charge >= 0.3 is 6.09 Å². The monoisotopic (exact) mass is 456 g/mol. The Hall–Kier alpha value is -2.32. The highest BCUT2D eigenvalue weighted by atomic mass is 32.2. The lowest BCUT2D eigenvalue weighted by Crippen LogP contribution is -2.41. The van der Waals surface area contributed by atoms with Gasteiger partial charge in [-0.05, 0) is 45.7 Å². The van der Waals surface area contributed by atoms with E-state index in [4.69, 9.17) is 9.72 Å². The Bertz CT molecular complexity index is 1000. The molecule has 3 heterocycles. The maximum atomic E-state index is 12.3. The van der Waals surface area contributed by atoms with Crippen molar-refractivity contribution >= 4 is 29.2 Å². The fraction of sp³-hybridized carbons (Fsp3) is 0.435. The molecule has 2 aromatic heterocycles. The number of amides is 1. The van der Waals surface area contributed by atoms with Crippen molar-refractivity contribution in [2.24, 2.45) is 0 Å². The number of benzene rings is 1. The first-order valence-electron chi connectivity index (χ1n) is 10.5. The molecule has 0 atom stereocenters. The molecule has 1 aliphatic heterocycles. The van der Waals surface area contributed by atoms with Gasteiger partial charge in [-0.25, -0.2) is 14.8 Å². The first-order valence-corrected chi connectivity index (χ1v) is 12.4. The van der Waals surface area contributed by atoms with E-state index in [0.29, 0.717) is 5.92 Å². The second-order valence-corrected chi connectivity index (χ2v) is 10.5. The van der Waals surface area contributed by atoms with Crippen LogP contribution in [0.25, 0.3) is 5.69 Å². The number of hydrogen-bond donors (Lipinski definition) is 0. The molecule has 1 saturated heterocycles. The van der Waals surface area contributed by atoms with Crippen molar-refractivity contribution in [2.75, 3.05) is 13.1 Å². The summed E-state index contributed by atoms with van der Waals surface area (Å²) in [5, 5.41) is 4.29. The molecule has 6 nitrogen and oxygen atoms in total. The van der Waals surface area contributed by atoms with Crippen molar-refractivity contribution in [1.29, 1.82) is 0 Å². The summed E-state index contributed by atoms with van der Waals surface area (Å²) in [5.74, 6) is 1.20. The SMILES string of the molecule is CC(C)(C)OC(=O)N1CCC(c2nc(CSc3nccn3-c3ccccc3)cs2)CC1. The molecule has 0 radical (unpaired) electrons. The van der Waals surface area contributed by atoms with Crippen molar-refractivity contribution in [1.82, 2.24) is 19.4 Å². The van der Waals surface area contributed by atoms with Crippen LogP contribution in [0, 0.1) is 0 Å². The van der Waals surface area contributed by atoms with Crippen LogP contribution in [-0.4, -0.2) is 44.2 Å². The predicted octanol–water partition coefficient (Wildman–Crippen LogP) is 5.74.